The van der Waals surface area contributed by atoms with Crippen molar-refractivity contribution in [2.45, 2.75) is 325 Å². The van der Waals surface area contributed by atoms with Crippen LogP contribution in [0.4, 0.5) is 79.0 Å². The Labute approximate surface area is 714 Å². The maximum atomic E-state index is 12.9. The lowest BCUT2D eigenvalue weighted by molar-refractivity contribution is -0.217. The Hall–Kier alpha value is -5.86. The molecule has 4 saturated carbocycles. The van der Waals surface area contributed by atoms with Crippen molar-refractivity contribution in [3.05, 3.63) is 0 Å². The number of alkyl halides is 18. The molecular weight excluding hydrogens is 1870 g/mol. The fraction of sp³-hybridized carbons (Fsp3) is 0.859. The second-order valence-corrected chi connectivity index (χ2v) is 38.0. The second kappa shape index (κ2) is 58.0. The molecule has 0 heterocycles. The highest BCUT2D eigenvalue weighted by molar-refractivity contribution is 7.87. The summed E-state index contributed by atoms with van der Waals surface area (Å²) in [7, 11) is -31.0. The van der Waals surface area contributed by atoms with E-state index in [1.807, 2.05) is 5.92 Å². The molecule has 30 nitrogen and oxygen atoms in total. The van der Waals surface area contributed by atoms with Crippen LogP contribution in [0.15, 0.2) is 0 Å². The van der Waals surface area contributed by atoms with Crippen LogP contribution in [0.2, 0.25) is 0 Å². The predicted molar refractivity (Wildman–Crippen MR) is 395 cm³/mol. The summed E-state index contributed by atoms with van der Waals surface area (Å²) >= 11 is 0. The van der Waals surface area contributed by atoms with Gasteiger partial charge < -0.3 is 55.7 Å². The third-order valence-corrected chi connectivity index (χ3v) is 22.7. The largest absolute Gasteiger partial charge is 0.748 e. The van der Waals surface area contributed by atoms with Gasteiger partial charge in [-0.1, -0.05) is 199 Å². The van der Waals surface area contributed by atoms with Crippen molar-refractivity contribution in [2.24, 2.45) is 23.7 Å². The van der Waals surface area contributed by atoms with E-state index < -0.39 is 228 Å². The molecule has 54 heteroatoms. The molecule has 125 heavy (non-hydrogen) atoms. The molecular formula is C71H102F18O30S6-6. The molecule has 6 unspecified atom stereocenters. The Balaban J connectivity index is 0. The number of hydrogen-bond donors (Lipinski definition) is 0. The monoisotopic (exact) mass is 1970 g/mol. The van der Waals surface area contributed by atoms with E-state index in [2.05, 4.69) is 34.8 Å². The number of carbonyl (C=O) groups is 6. The molecule has 0 saturated heterocycles. The topological polar surface area (TPSA) is 501 Å². The fourth-order valence-electron chi connectivity index (χ4n) is 12.2. The quantitative estimate of drug-likeness (QED) is 0.0242. The number of ether oxygens (including phenoxy) is 6. The van der Waals surface area contributed by atoms with Crippen LogP contribution < -0.4 is 0 Å². The van der Waals surface area contributed by atoms with Gasteiger partial charge in [-0.3, -0.25) is 19.2 Å². The molecule has 0 radical (unpaired) electrons. The fourth-order valence-corrected chi connectivity index (χ4v) is 16.0. The van der Waals surface area contributed by atoms with Gasteiger partial charge in [0, 0.05) is 11.8 Å². The number of terminal acetylenes is 1. The van der Waals surface area contributed by atoms with Gasteiger partial charge in [-0.15, -0.1) is 6.42 Å². The van der Waals surface area contributed by atoms with Gasteiger partial charge in [0.1, 0.15) is 0 Å². The van der Waals surface area contributed by atoms with Crippen LogP contribution in [0, 0.1) is 47.9 Å². The average Bonchev–Trinajstić information content (AvgIpc) is 0.980. The van der Waals surface area contributed by atoms with E-state index in [1.165, 1.54) is 19.3 Å². The van der Waals surface area contributed by atoms with Crippen LogP contribution in [0.3, 0.4) is 0 Å². The van der Waals surface area contributed by atoms with E-state index in [0.717, 1.165) is 186 Å². The van der Waals surface area contributed by atoms with E-state index in [1.54, 1.807) is 5.92 Å². The van der Waals surface area contributed by atoms with Gasteiger partial charge in [0.15, 0.2) is 0 Å². The number of hydrogen-bond acceptors (Lipinski definition) is 30. The summed E-state index contributed by atoms with van der Waals surface area (Å²) < 4.78 is 438. The summed E-state index contributed by atoms with van der Waals surface area (Å²) in [5.74, 6) is -16.3. The highest BCUT2D eigenvalue weighted by atomic mass is 32.2. The minimum absolute atomic E-state index is 0.424. The molecule has 0 N–H and O–H groups in total. The van der Waals surface area contributed by atoms with Crippen molar-refractivity contribution in [3.63, 3.8) is 0 Å². The van der Waals surface area contributed by atoms with Gasteiger partial charge in [0.25, 0.3) is 0 Å². The van der Waals surface area contributed by atoms with Gasteiger partial charge in [0.2, 0.25) is 36.6 Å². The molecule has 0 aromatic heterocycles. The van der Waals surface area contributed by atoms with Gasteiger partial charge in [0.05, 0.1) is 119 Å². The van der Waals surface area contributed by atoms with E-state index in [4.69, 9.17) is 0 Å². The van der Waals surface area contributed by atoms with Crippen molar-refractivity contribution in [1.29, 1.82) is 0 Å². The Morgan fingerprint density at radius 2 is 0.392 bits per heavy atom. The summed E-state index contributed by atoms with van der Waals surface area (Å²) in [6.45, 7) is 1.17. The first-order valence-corrected chi connectivity index (χ1v) is 48.6. The van der Waals surface area contributed by atoms with Gasteiger partial charge >= 0.3 is 72.9 Å². The predicted octanol–water partition coefficient (Wildman–Crippen LogP) is 13.0. The standard InChI is InChI=1S/C16H27F3O5S.C15H25F3O5S.C14H23F3O5S.C13H21F3O5S.C7H7F3O5S.C6H5F3O5S/c17-16(18,19)14(12-25(21,22)23)24-15(20)13-10-8-6-4-2-1-3-5-7-9-11-13;16-15(17,18)13(11-24(20,21)22)23-14(19)12-9-7-5-3-1-2-4-6-8-10-12;15-14(16,17)12(10-23(19,20)21)22-13(18)11-8-6-4-2-1-3-5-7-9-11;14-13(15,16)11(9-22(18,19)20)21-12(17)10-7-5-3-1-2-4-6-8-10;1-2-3-6(11)15-5(7(8,9)10)4-16(12,13)14;1-2-5(10)14-4(6(7,8)9)3-15(11,12)13/h13-14H,1-12H2,(H,21,22,23);12-13H,1-11H2,(H,20,21,22);11-12H,1-10H2,(H,19,20,21);10-11H,1-9H2,(H,18,19,20);5H,4H2,1H3,(H,12,13,14);1,4H,3H2,(H,11,12,13)/p-6. The molecule has 0 aromatic rings. The minimum atomic E-state index is -5.18. The van der Waals surface area contributed by atoms with Crippen LogP contribution in [-0.4, -0.2) is 222 Å². The van der Waals surface area contributed by atoms with Gasteiger partial charge in [-0.25, -0.2) is 60.1 Å². The molecule has 4 rings (SSSR count). The molecule has 0 bridgehead atoms. The summed E-state index contributed by atoms with van der Waals surface area (Å²) in [5.41, 5.74) is 0. The van der Waals surface area contributed by atoms with Crippen molar-refractivity contribution >= 4 is 96.5 Å². The number of rotatable bonds is 22. The summed E-state index contributed by atoms with van der Waals surface area (Å²) in [5, 5.41) is 0. The molecule has 0 amide bonds. The normalized spacial score (nSPS) is 19.0. The molecule has 0 spiro atoms. The lowest BCUT2D eigenvalue weighted by Crippen LogP contribution is -2.41. The highest BCUT2D eigenvalue weighted by Crippen LogP contribution is 2.35. The maximum absolute atomic E-state index is 12.9. The Morgan fingerprint density at radius 1 is 0.264 bits per heavy atom. The molecule has 0 aromatic carbocycles. The van der Waals surface area contributed by atoms with E-state index >= 15 is 0 Å². The molecule has 6 atom stereocenters. The Bertz CT molecular complexity index is 4010. The molecule has 4 aliphatic rings. The molecule has 0 aliphatic heterocycles. The Kier molecular flexibility index (Phi) is 56.3. The van der Waals surface area contributed by atoms with Crippen LogP contribution in [0.5, 0.6) is 0 Å². The van der Waals surface area contributed by atoms with Crippen LogP contribution >= 0.6 is 0 Å². The Morgan fingerprint density at radius 3 is 0.512 bits per heavy atom. The zero-order chi connectivity index (χ0) is 96.7. The first-order chi connectivity index (χ1) is 57.0. The van der Waals surface area contributed by atoms with Crippen LogP contribution in [0.25, 0.3) is 0 Å². The minimum Gasteiger partial charge on any atom is -0.748 e. The van der Waals surface area contributed by atoms with Crippen molar-refractivity contribution < 1.29 is 214 Å². The molecule has 734 valence electrons. The van der Waals surface area contributed by atoms with Crippen molar-refractivity contribution in [1.82, 2.24) is 0 Å². The zero-order valence-electron chi connectivity index (χ0n) is 67.5. The van der Waals surface area contributed by atoms with E-state index in [9.17, 15) is 186 Å². The lowest BCUT2D eigenvalue weighted by Gasteiger charge is -2.25. The van der Waals surface area contributed by atoms with E-state index in [0.29, 0.717) is 51.4 Å². The SMILES string of the molecule is C#CC(=O)OC(CS(=O)(=O)[O-])C(F)(F)F.CC#CC(=O)OC(CS(=O)(=O)[O-])C(F)(F)F.O=C(OC(CS(=O)(=O)[O-])C(F)(F)F)C1CCCCCCCC1.O=C(OC(CS(=O)(=O)[O-])C(F)(F)F)C1CCCCCCCCC1.O=C(OC(CS(=O)(=O)[O-])C(F)(F)F)C1CCCCCCCCCC1.O=C(OC(CS(=O)(=O)[O-])C(F)(F)F)C1CCCCCCCCCCC1. The highest BCUT2D eigenvalue weighted by Gasteiger charge is 2.50. The van der Waals surface area contributed by atoms with Crippen molar-refractivity contribution in [3.8, 4) is 24.2 Å². The number of carbonyl (C=O) groups excluding carboxylic acids is 6. The third kappa shape index (κ3) is 66.2. The van der Waals surface area contributed by atoms with E-state index in [-0.39, 0.29) is 0 Å². The van der Waals surface area contributed by atoms with Crippen LogP contribution in [0.1, 0.15) is 251 Å². The first kappa shape index (κ1) is 121. The summed E-state index contributed by atoms with van der Waals surface area (Å²) in [4.78, 5) is 69.0. The smallest absolute Gasteiger partial charge is 0.426 e. The number of esters is 6. The summed E-state index contributed by atoms with van der Waals surface area (Å²) in [6.07, 6.45) is -12.5. The zero-order valence-corrected chi connectivity index (χ0v) is 72.4. The van der Waals surface area contributed by atoms with Gasteiger partial charge in [-0.05, 0) is 58.3 Å². The summed E-state index contributed by atoms with van der Waals surface area (Å²) in [6, 6.07) is 0. The maximum Gasteiger partial charge on any atom is 0.426 e. The second-order valence-electron chi connectivity index (χ2n) is 29.3. The lowest BCUT2D eigenvalue weighted by atomic mass is 9.92. The first-order valence-electron chi connectivity index (χ1n) is 39.1. The third-order valence-electron chi connectivity index (χ3n) is 18.5. The number of halogens is 18. The molecule has 4 aliphatic carbocycles. The van der Waals surface area contributed by atoms with Crippen molar-refractivity contribution in [2.75, 3.05) is 34.5 Å². The van der Waals surface area contributed by atoms with Crippen LogP contribution in [-0.2, 0) is 118 Å². The average molecular weight is 1970 g/mol. The van der Waals surface area contributed by atoms with Gasteiger partial charge in [-0.2, -0.15) is 79.0 Å². The molecule has 4 fully saturated rings.